The van der Waals surface area contributed by atoms with E-state index in [-0.39, 0.29) is 12.1 Å². The fourth-order valence-electron chi connectivity index (χ4n) is 1.31. The second kappa shape index (κ2) is 6.45. The van der Waals surface area contributed by atoms with E-state index in [0.717, 1.165) is 32.5 Å². The van der Waals surface area contributed by atoms with E-state index in [1.54, 1.807) is 6.20 Å². The molecule has 0 aliphatic carbocycles. The number of carbonyl (C=O) groups is 1. The lowest BCUT2D eigenvalue weighted by Gasteiger charge is -2.15. The number of carbonyl (C=O) groups excluding carboxylic acids is 1. The number of nitrogens with one attached hydrogen (secondary N) is 2. The van der Waals surface area contributed by atoms with Crippen molar-refractivity contribution < 1.29 is 9.53 Å². The third kappa shape index (κ3) is 4.83. The molecule has 0 aromatic heterocycles. The van der Waals surface area contributed by atoms with Gasteiger partial charge < -0.3 is 15.4 Å². The molecule has 4 nitrogen and oxygen atoms in total. The molecule has 2 N–H and O–H groups in total. The van der Waals surface area contributed by atoms with Crippen molar-refractivity contribution in [2.24, 2.45) is 0 Å². The third-order valence-electron chi connectivity index (χ3n) is 2.53. The Hall–Kier alpha value is -1.03. The Morgan fingerprint density at radius 1 is 1.53 bits per heavy atom. The molecule has 0 bridgehead atoms. The number of urea groups is 1. The van der Waals surface area contributed by atoms with Gasteiger partial charge in [0.2, 0.25) is 0 Å². The smallest absolute Gasteiger partial charge is 0.318 e. The number of amides is 2. The Morgan fingerprint density at radius 3 is 2.80 bits per heavy atom. The SMILES string of the molecule is CCC(C)NC(=O)NC=C1CCOCC1. The fourth-order valence-corrected chi connectivity index (χ4v) is 1.31. The first-order chi connectivity index (χ1) is 7.22. The van der Waals surface area contributed by atoms with Crippen LogP contribution in [0.4, 0.5) is 4.79 Å². The normalized spacial score (nSPS) is 18.1. The minimum atomic E-state index is -0.122. The second-order valence-electron chi connectivity index (χ2n) is 3.84. The van der Waals surface area contributed by atoms with Gasteiger partial charge >= 0.3 is 6.03 Å². The molecule has 1 aliphatic heterocycles. The summed E-state index contributed by atoms with van der Waals surface area (Å²) in [6.45, 7) is 5.56. The summed E-state index contributed by atoms with van der Waals surface area (Å²) in [7, 11) is 0. The van der Waals surface area contributed by atoms with E-state index in [0.29, 0.717) is 0 Å². The van der Waals surface area contributed by atoms with Gasteiger partial charge in [-0.25, -0.2) is 4.79 Å². The summed E-state index contributed by atoms with van der Waals surface area (Å²) in [6, 6.07) is 0.0985. The molecule has 0 radical (unpaired) electrons. The van der Waals surface area contributed by atoms with Gasteiger partial charge in [-0.1, -0.05) is 6.92 Å². The molecule has 2 amide bonds. The summed E-state index contributed by atoms with van der Waals surface area (Å²) in [5.41, 5.74) is 1.25. The zero-order valence-electron chi connectivity index (χ0n) is 9.51. The van der Waals surface area contributed by atoms with Crippen molar-refractivity contribution in [3.8, 4) is 0 Å². The van der Waals surface area contributed by atoms with Crippen molar-refractivity contribution in [1.29, 1.82) is 0 Å². The lowest BCUT2D eigenvalue weighted by Crippen LogP contribution is -2.38. The van der Waals surface area contributed by atoms with Gasteiger partial charge in [0.15, 0.2) is 0 Å². The van der Waals surface area contributed by atoms with Crippen LogP contribution in [0.5, 0.6) is 0 Å². The molecule has 0 aromatic carbocycles. The summed E-state index contributed by atoms with van der Waals surface area (Å²) in [4.78, 5) is 11.4. The van der Waals surface area contributed by atoms with E-state index in [1.807, 2.05) is 13.8 Å². The standard InChI is InChI=1S/C11H20N2O2/c1-3-9(2)13-11(14)12-8-10-4-6-15-7-5-10/h8-9H,3-7H2,1-2H3,(H2,12,13,14). The topological polar surface area (TPSA) is 50.4 Å². The number of hydrogen-bond acceptors (Lipinski definition) is 2. The fraction of sp³-hybridized carbons (Fsp3) is 0.727. The van der Waals surface area contributed by atoms with Crippen LogP contribution in [0.2, 0.25) is 0 Å². The Balaban J connectivity index is 2.25. The Morgan fingerprint density at radius 2 is 2.20 bits per heavy atom. The van der Waals surface area contributed by atoms with Crippen LogP contribution >= 0.6 is 0 Å². The highest BCUT2D eigenvalue weighted by Gasteiger charge is 2.06. The van der Waals surface area contributed by atoms with Crippen LogP contribution < -0.4 is 10.6 Å². The van der Waals surface area contributed by atoms with Crippen molar-refractivity contribution in [3.05, 3.63) is 11.8 Å². The predicted octanol–water partition coefficient (Wildman–Crippen LogP) is 1.78. The van der Waals surface area contributed by atoms with Crippen LogP contribution in [0.1, 0.15) is 33.1 Å². The summed E-state index contributed by atoms with van der Waals surface area (Å²) >= 11 is 0. The molecule has 86 valence electrons. The molecule has 4 heteroatoms. The summed E-state index contributed by atoms with van der Waals surface area (Å²) < 4.78 is 5.22. The molecule has 1 atom stereocenters. The van der Waals surface area contributed by atoms with Gasteiger partial charge in [0, 0.05) is 12.2 Å². The number of hydrogen-bond donors (Lipinski definition) is 2. The van der Waals surface area contributed by atoms with Crippen molar-refractivity contribution in [2.45, 2.75) is 39.2 Å². The van der Waals surface area contributed by atoms with Gasteiger partial charge in [-0.05, 0) is 31.8 Å². The number of ether oxygens (including phenoxy) is 1. The molecule has 1 aliphatic rings. The van der Waals surface area contributed by atoms with E-state index in [1.165, 1.54) is 5.57 Å². The lowest BCUT2D eigenvalue weighted by molar-refractivity contribution is 0.119. The first-order valence-corrected chi connectivity index (χ1v) is 5.55. The van der Waals surface area contributed by atoms with Crippen molar-refractivity contribution in [2.75, 3.05) is 13.2 Å². The quantitative estimate of drug-likeness (QED) is 0.749. The van der Waals surface area contributed by atoms with Crippen LogP contribution in [0.3, 0.4) is 0 Å². The van der Waals surface area contributed by atoms with Gasteiger partial charge in [0.1, 0.15) is 0 Å². The van der Waals surface area contributed by atoms with E-state index < -0.39 is 0 Å². The van der Waals surface area contributed by atoms with E-state index in [2.05, 4.69) is 10.6 Å². The van der Waals surface area contributed by atoms with Crippen LogP contribution in [-0.2, 0) is 4.74 Å². The van der Waals surface area contributed by atoms with Crippen LogP contribution in [-0.4, -0.2) is 25.3 Å². The predicted molar refractivity (Wildman–Crippen MR) is 59.6 cm³/mol. The zero-order chi connectivity index (χ0) is 11.1. The van der Waals surface area contributed by atoms with E-state index in [4.69, 9.17) is 4.74 Å². The van der Waals surface area contributed by atoms with Gasteiger partial charge in [0.25, 0.3) is 0 Å². The maximum Gasteiger partial charge on any atom is 0.318 e. The highest BCUT2D eigenvalue weighted by atomic mass is 16.5. The Bertz CT molecular complexity index is 231. The first kappa shape index (κ1) is 12.0. The highest BCUT2D eigenvalue weighted by Crippen LogP contribution is 2.11. The third-order valence-corrected chi connectivity index (χ3v) is 2.53. The molecular weight excluding hydrogens is 192 g/mol. The molecule has 0 aromatic rings. The van der Waals surface area contributed by atoms with E-state index in [9.17, 15) is 4.79 Å². The average molecular weight is 212 g/mol. The zero-order valence-corrected chi connectivity index (χ0v) is 9.51. The van der Waals surface area contributed by atoms with Crippen molar-refractivity contribution >= 4 is 6.03 Å². The van der Waals surface area contributed by atoms with Gasteiger partial charge in [-0.3, -0.25) is 0 Å². The van der Waals surface area contributed by atoms with Crippen molar-refractivity contribution in [3.63, 3.8) is 0 Å². The average Bonchev–Trinajstić information content (AvgIpc) is 2.27. The Labute approximate surface area is 91.1 Å². The minimum Gasteiger partial charge on any atom is -0.381 e. The molecule has 1 rings (SSSR count). The molecule has 15 heavy (non-hydrogen) atoms. The molecule has 0 spiro atoms. The summed E-state index contributed by atoms with van der Waals surface area (Å²) in [5.74, 6) is 0. The van der Waals surface area contributed by atoms with Gasteiger partial charge in [0.05, 0.1) is 13.2 Å². The molecule has 1 fully saturated rings. The highest BCUT2D eigenvalue weighted by molar-refractivity contribution is 5.75. The van der Waals surface area contributed by atoms with Crippen LogP contribution in [0.25, 0.3) is 0 Å². The van der Waals surface area contributed by atoms with Crippen LogP contribution in [0, 0.1) is 0 Å². The minimum absolute atomic E-state index is 0.122. The van der Waals surface area contributed by atoms with Crippen LogP contribution in [0.15, 0.2) is 11.8 Å². The van der Waals surface area contributed by atoms with Crippen molar-refractivity contribution in [1.82, 2.24) is 10.6 Å². The maximum absolute atomic E-state index is 11.4. The summed E-state index contributed by atoms with van der Waals surface area (Å²) in [6.07, 6.45) is 4.59. The maximum atomic E-state index is 11.4. The van der Waals surface area contributed by atoms with Gasteiger partial charge in [-0.2, -0.15) is 0 Å². The first-order valence-electron chi connectivity index (χ1n) is 5.55. The molecule has 0 saturated carbocycles. The molecule has 1 heterocycles. The Kier molecular flexibility index (Phi) is 5.18. The molecule has 1 unspecified atom stereocenters. The summed E-state index contributed by atoms with van der Waals surface area (Å²) in [5, 5.41) is 5.59. The monoisotopic (exact) mass is 212 g/mol. The molecular formula is C11H20N2O2. The van der Waals surface area contributed by atoms with E-state index >= 15 is 0 Å². The largest absolute Gasteiger partial charge is 0.381 e. The molecule has 1 saturated heterocycles. The number of rotatable bonds is 3. The van der Waals surface area contributed by atoms with Gasteiger partial charge in [-0.15, -0.1) is 0 Å². The second-order valence-corrected chi connectivity index (χ2v) is 3.84. The lowest BCUT2D eigenvalue weighted by atomic mass is 10.1.